The molecule has 3 unspecified atom stereocenters. The summed E-state index contributed by atoms with van der Waals surface area (Å²) in [7, 11) is 0. The van der Waals surface area contributed by atoms with E-state index in [0.29, 0.717) is 24.7 Å². The standard InChI is InChI=1S/C13H19BrN2OS/c14-9-6-13(18-8-9)11(7-15)16-4-5-17-12-3-1-2-10(12)16/h6,8,10-12H,1-5,7,15H2. The van der Waals surface area contributed by atoms with E-state index in [1.807, 2.05) is 0 Å². The zero-order valence-corrected chi connectivity index (χ0v) is 12.8. The number of thiophene rings is 1. The zero-order chi connectivity index (χ0) is 12.5. The van der Waals surface area contributed by atoms with Crippen LogP contribution in [0.3, 0.4) is 0 Å². The topological polar surface area (TPSA) is 38.5 Å². The molecular formula is C13H19BrN2OS. The molecular weight excluding hydrogens is 312 g/mol. The molecule has 0 amide bonds. The highest BCUT2D eigenvalue weighted by Crippen LogP contribution is 2.37. The van der Waals surface area contributed by atoms with Gasteiger partial charge >= 0.3 is 0 Å². The van der Waals surface area contributed by atoms with E-state index in [-0.39, 0.29) is 0 Å². The van der Waals surface area contributed by atoms with E-state index in [2.05, 4.69) is 32.3 Å². The van der Waals surface area contributed by atoms with Gasteiger partial charge in [-0.05, 0) is 41.3 Å². The highest BCUT2D eigenvalue weighted by Gasteiger charge is 2.39. The summed E-state index contributed by atoms with van der Waals surface area (Å²) in [4.78, 5) is 3.95. The lowest BCUT2D eigenvalue weighted by Crippen LogP contribution is -2.51. The molecule has 5 heteroatoms. The van der Waals surface area contributed by atoms with Crippen molar-refractivity contribution >= 4 is 27.3 Å². The molecule has 3 nitrogen and oxygen atoms in total. The molecule has 18 heavy (non-hydrogen) atoms. The molecule has 0 bridgehead atoms. The molecule has 2 N–H and O–H groups in total. The minimum Gasteiger partial charge on any atom is -0.375 e. The van der Waals surface area contributed by atoms with Crippen LogP contribution >= 0.6 is 27.3 Å². The predicted octanol–water partition coefficient (Wildman–Crippen LogP) is 2.76. The van der Waals surface area contributed by atoms with Gasteiger partial charge < -0.3 is 10.5 Å². The lowest BCUT2D eigenvalue weighted by molar-refractivity contribution is -0.0706. The lowest BCUT2D eigenvalue weighted by atomic mass is 10.1. The van der Waals surface area contributed by atoms with E-state index in [1.54, 1.807) is 11.3 Å². The maximum Gasteiger partial charge on any atom is 0.0731 e. The Kier molecular flexibility index (Phi) is 4.06. The van der Waals surface area contributed by atoms with Gasteiger partial charge in [-0.1, -0.05) is 0 Å². The smallest absolute Gasteiger partial charge is 0.0731 e. The van der Waals surface area contributed by atoms with Crippen molar-refractivity contribution in [2.45, 2.75) is 37.5 Å². The Hall–Kier alpha value is 0.0600. The van der Waals surface area contributed by atoms with E-state index in [1.165, 1.54) is 24.1 Å². The minimum atomic E-state index is 0.357. The normalized spacial score (nSPS) is 30.3. The van der Waals surface area contributed by atoms with Crippen LogP contribution < -0.4 is 5.73 Å². The highest BCUT2D eigenvalue weighted by molar-refractivity contribution is 9.10. The predicted molar refractivity (Wildman–Crippen MR) is 77.9 cm³/mol. The van der Waals surface area contributed by atoms with Crippen LogP contribution in [0.2, 0.25) is 0 Å². The quantitative estimate of drug-likeness (QED) is 0.926. The SMILES string of the molecule is NCC(c1cc(Br)cs1)N1CCOC2CCCC21. The number of fused-ring (bicyclic) bond motifs is 1. The van der Waals surface area contributed by atoms with Crippen molar-refractivity contribution in [2.75, 3.05) is 19.7 Å². The molecule has 0 radical (unpaired) electrons. The van der Waals surface area contributed by atoms with Gasteiger partial charge in [-0.15, -0.1) is 11.3 Å². The van der Waals surface area contributed by atoms with Gasteiger partial charge in [0.25, 0.3) is 0 Å². The van der Waals surface area contributed by atoms with Crippen LogP contribution in [0, 0.1) is 0 Å². The van der Waals surface area contributed by atoms with Crippen LogP contribution in [-0.2, 0) is 4.74 Å². The Balaban J connectivity index is 1.82. The number of hydrogen-bond donors (Lipinski definition) is 1. The van der Waals surface area contributed by atoms with Gasteiger partial charge in [0.2, 0.25) is 0 Å². The Bertz CT molecular complexity index is 411. The number of halogens is 1. The first-order valence-corrected chi connectivity index (χ1v) is 8.28. The Morgan fingerprint density at radius 2 is 2.44 bits per heavy atom. The number of ether oxygens (including phenoxy) is 1. The molecule has 1 aromatic heterocycles. The van der Waals surface area contributed by atoms with Crippen molar-refractivity contribution in [1.29, 1.82) is 0 Å². The molecule has 1 saturated carbocycles. The number of rotatable bonds is 3. The Labute approximate surface area is 120 Å². The summed E-state index contributed by atoms with van der Waals surface area (Å²) >= 11 is 5.34. The molecule has 2 aliphatic rings. The first-order chi connectivity index (χ1) is 8.79. The van der Waals surface area contributed by atoms with Crippen molar-refractivity contribution in [3.63, 3.8) is 0 Å². The second kappa shape index (κ2) is 5.59. The Morgan fingerprint density at radius 3 is 3.17 bits per heavy atom. The third-order valence-electron chi connectivity index (χ3n) is 4.06. The third kappa shape index (κ3) is 2.39. The van der Waals surface area contributed by atoms with Crippen LogP contribution in [0.15, 0.2) is 15.9 Å². The van der Waals surface area contributed by atoms with Crippen LogP contribution in [0.1, 0.15) is 30.2 Å². The van der Waals surface area contributed by atoms with E-state index in [0.717, 1.165) is 17.6 Å². The van der Waals surface area contributed by atoms with Crippen LogP contribution in [0.4, 0.5) is 0 Å². The van der Waals surface area contributed by atoms with Crippen LogP contribution in [0.5, 0.6) is 0 Å². The Morgan fingerprint density at radius 1 is 1.56 bits per heavy atom. The molecule has 3 rings (SSSR count). The number of hydrogen-bond acceptors (Lipinski definition) is 4. The third-order valence-corrected chi connectivity index (χ3v) is 5.86. The zero-order valence-electron chi connectivity index (χ0n) is 10.3. The molecule has 1 aliphatic carbocycles. The monoisotopic (exact) mass is 330 g/mol. The van der Waals surface area contributed by atoms with Gasteiger partial charge in [-0.25, -0.2) is 0 Å². The molecule has 1 saturated heterocycles. The molecule has 2 fully saturated rings. The largest absolute Gasteiger partial charge is 0.375 e. The average Bonchev–Trinajstić information content (AvgIpc) is 2.99. The fourth-order valence-corrected chi connectivity index (χ4v) is 4.84. The first-order valence-electron chi connectivity index (χ1n) is 6.61. The molecule has 2 heterocycles. The summed E-state index contributed by atoms with van der Waals surface area (Å²) in [5, 5.41) is 2.14. The highest BCUT2D eigenvalue weighted by atomic mass is 79.9. The van der Waals surface area contributed by atoms with Gasteiger partial charge in [-0.2, -0.15) is 0 Å². The number of nitrogens with two attached hydrogens (primary N) is 1. The molecule has 3 atom stereocenters. The van der Waals surface area contributed by atoms with Crippen molar-refractivity contribution in [1.82, 2.24) is 4.90 Å². The molecule has 1 aliphatic heterocycles. The summed E-state index contributed by atoms with van der Waals surface area (Å²) in [5.74, 6) is 0. The van der Waals surface area contributed by atoms with Crippen molar-refractivity contribution < 1.29 is 4.74 Å². The molecule has 0 aromatic carbocycles. The van der Waals surface area contributed by atoms with Gasteiger partial charge in [0, 0.05) is 33.9 Å². The molecule has 0 spiro atoms. The van der Waals surface area contributed by atoms with Crippen molar-refractivity contribution in [3.05, 3.63) is 20.8 Å². The van der Waals surface area contributed by atoms with Crippen molar-refractivity contribution in [2.24, 2.45) is 5.73 Å². The molecule has 1 aromatic rings. The first kappa shape index (κ1) is 13.1. The average molecular weight is 331 g/mol. The van der Waals surface area contributed by atoms with E-state index < -0.39 is 0 Å². The minimum absolute atomic E-state index is 0.357. The summed E-state index contributed by atoms with van der Waals surface area (Å²) in [5.41, 5.74) is 6.04. The van der Waals surface area contributed by atoms with Crippen molar-refractivity contribution in [3.8, 4) is 0 Å². The van der Waals surface area contributed by atoms with Gasteiger partial charge in [0.15, 0.2) is 0 Å². The van der Waals surface area contributed by atoms with Crippen LogP contribution in [0.25, 0.3) is 0 Å². The van der Waals surface area contributed by atoms with E-state index in [9.17, 15) is 0 Å². The summed E-state index contributed by atoms with van der Waals surface area (Å²) in [6, 6.07) is 3.14. The lowest BCUT2D eigenvalue weighted by Gasteiger charge is -2.42. The number of nitrogens with zero attached hydrogens (tertiary/aromatic N) is 1. The fourth-order valence-electron chi connectivity index (χ4n) is 3.26. The number of morpholine rings is 1. The van der Waals surface area contributed by atoms with Gasteiger partial charge in [0.05, 0.1) is 18.8 Å². The van der Waals surface area contributed by atoms with Crippen LogP contribution in [-0.4, -0.2) is 36.7 Å². The summed E-state index contributed by atoms with van der Waals surface area (Å²) in [6.07, 6.45) is 4.20. The summed E-state index contributed by atoms with van der Waals surface area (Å²) < 4.78 is 7.04. The maximum atomic E-state index is 6.04. The second-order valence-electron chi connectivity index (χ2n) is 5.06. The second-order valence-corrected chi connectivity index (χ2v) is 6.92. The van der Waals surface area contributed by atoms with Gasteiger partial charge in [0.1, 0.15) is 0 Å². The summed E-state index contributed by atoms with van der Waals surface area (Å²) in [6.45, 7) is 2.55. The van der Waals surface area contributed by atoms with E-state index >= 15 is 0 Å². The fraction of sp³-hybridized carbons (Fsp3) is 0.692. The molecule has 100 valence electrons. The van der Waals surface area contributed by atoms with Gasteiger partial charge in [-0.3, -0.25) is 4.90 Å². The maximum absolute atomic E-state index is 6.04. The van der Waals surface area contributed by atoms with E-state index in [4.69, 9.17) is 10.5 Å².